The number of pyridine rings is 1. The minimum atomic E-state index is -0.368. The zero-order valence-corrected chi connectivity index (χ0v) is 19.3. The van der Waals surface area contributed by atoms with Crippen LogP contribution in [0.2, 0.25) is 0 Å². The molecule has 6 rings (SSSR count). The first-order valence-corrected chi connectivity index (χ1v) is 11.0. The summed E-state index contributed by atoms with van der Waals surface area (Å²) in [5.41, 5.74) is 5.20. The summed E-state index contributed by atoms with van der Waals surface area (Å²) < 4.78 is 22.0. The second-order valence-corrected chi connectivity index (χ2v) is 8.17. The van der Waals surface area contributed by atoms with E-state index < -0.39 is 0 Å². The number of carbonyl (C=O) groups excluding carboxylic acids is 1. The molecule has 0 amide bonds. The molecule has 8 nitrogen and oxygen atoms in total. The number of esters is 1. The molecule has 1 aliphatic heterocycles. The van der Waals surface area contributed by atoms with Gasteiger partial charge in [-0.2, -0.15) is 0 Å². The lowest BCUT2D eigenvalue weighted by Gasteiger charge is -2.15. The van der Waals surface area contributed by atoms with E-state index in [2.05, 4.69) is 9.97 Å². The number of fused-ring (bicyclic) bond motifs is 3. The van der Waals surface area contributed by atoms with Crippen molar-refractivity contribution in [1.29, 1.82) is 0 Å². The molecule has 2 aromatic heterocycles. The number of cyclic esters (lactones) is 1. The van der Waals surface area contributed by atoms with Crippen LogP contribution in [0.25, 0.3) is 44.3 Å². The van der Waals surface area contributed by atoms with Crippen molar-refractivity contribution in [2.75, 3.05) is 21.3 Å². The van der Waals surface area contributed by atoms with E-state index in [1.807, 2.05) is 48.5 Å². The van der Waals surface area contributed by atoms with E-state index in [4.69, 9.17) is 23.9 Å². The molecule has 1 N–H and O–H groups in total. The molecule has 0 bridgehead atoms. The van der Waals surface area contributed by atoms with Crippen molar-refractivity contribution >= 4 is 27.8 Å². The van der Waals surface area contributed by atoms with Crippen molar-refractivity contribution in [2.24, 2.45) is 0 Å². The molecule has 0 saturated heterocycles. The highest BCUT2D eigenvalue weighted by atomic mass is 16.5. The van der Waals surface area contributed by atoms with Gasteiger partial charge >= 0.3 is 5.97 Å². The first kappa shape index (κ1) is 21.0. The molecule has 0 fully saturated rings. The van der Waals surface area contributed by atoms with Crippen LogP contribution >= 0.6 is 0 Å². The first-order valence-electron chi connectivity index (χ1n) is 11.0. The van der Waals surface area contributed by atoms with Crippen LogP contribution in [0.4, 0.5) is 0 Å². The Labute approximate surface area is 200 Å². The van der Waals surface area contributed by atoms with E-state index in [9.17, 15) is 4.79 Å². The van der Waals surface area contributed by atoms with E-state index in [1.54, 1.807) is 27.5 Å². The molecule has 0 atom stereocenters. The van der Waals surface area contributed by atoms with E-state index >= 15 is 0 Å². The number of aromatic amines is 1. The second kappa shape index (κ2) is 8.02. The van der Waals surface area contributed by atoms with Crippen LogP contribution in [0, 0.1) is 0 Å². The second-order valence-electron chi connectivity index (χ2n) is 8.17. The van der Waals surface area contributed by atoms with Gasteiger partial charge in [0.1, 0.15) is 12.4 Å². The van der Waals surface area contributed by atoms with Crippen molar-refractivity contribution < 1.29 is 23.7 Å². The smallest absolute Gasteiger partial charge is 0.339 e. The Bertz CT molecular complexity index is 1610. The number of carbonyl (C=O) groups is 1. The van der Waals surface area contributed by atoms with Gasteiger partial charge in [0.25, 0.3) is 0 Å². The number of para-hydroxylation sites is 2. The largest absolute Gasteiger partial charge is 0.493 e. The van der Waals surface area contributed by atoms with E-state index in [0.717, 1.165) is 32.9 Å². The number of rotatable bonds is 5. The Morgan fingerprint density at radius 2 is 1.74 bits per heavy atom. The molecule has 3 aromatic carbocycles. The highest BCUT2D eigenvalue weighted by molar-refractivity contribution is 6.11. The van der Waals surface area contributed by atoms with Crippen molar-refractivity contribution in [2.45, 2.75) is 6.61 Å². The average molecular weight is 467 g/mol. The number of nitrogens with zero attached hydrogens (tertiary/aromatic N) is 2. The fourth-order valence-electron chi connectivity index (χ4n) is 4.65. The highest BCUT2D eigenvalue weighted by Gasteiger charge is 2.29. The summed E-state index contributed by atoms with van der Waals surface area (Å²) >= 11 is 0. The molecule has 0 saturated carbocycles. The lowest BCUT2D eigenvalue weighted by molar-refractivity contribution is 0.0535. The summed E-state index contributed by atoms with van der Waals surface area (Å²) in [5, 5.41) is 1.72. The number of aromatic nitrogens is 3. The number of methoxy groups -OCH3 is 3. The van der Waals surface area contributed by atoms with Gasteiger partial charge in [-0.05, 0) is 47.2 Å². The van der Waals surface area contributed by atoms with E-state index in [0.29, 0.717) is 39.9 Å². The highest BCUT2D eigenvalue weighted by Crippen LogP contribution is 2.43. The molecule has 0 aliphatic carbocycles. The van der Waals surface area contributed by atoms with Crippen LogP contribution in [0.1, 0.15) is 15.9 Å². The van der Waals surface area contributed by atoms with E-state index in [1.165, 1.54) is 0 Å². The maximum absolute atomic E-state index is 12.8. The Kier molecular flexibility index (Phi) is 4.81. The Balaban J connectivity index is 1.65. The van der Waals surface area contributed by atoms with Gasteiger partial charge in [-0.1, -0.05) is 12.1 Å². The number of imidazole rings is 1. The lowest BCUT2D eigenvalue weighted by atomic mass is 9.90. The number of hydrogen-bond donors (Lipinski definition) is 1. The van der Waals surface area contributed by atoms with Gasteiger partial charge in [0, 0.05) is 22.9 Å². The number of hydrogen-bond acceptors (Lipinski definition) is 7. The summed E-state index contributed by atoms with van der Waals surface area (Å²) in [6.07, 6.45) is 1.70. The molecular formula is C27H21N3O5. The fourth-order valence-corrected chi connectivity index (χ4v) is 4.65. The van der Waals surface area contributed by atoms with Crippen molar-refractivity contribution in [1.82, 2.24) is 15.0 Å². The molecule has 0 unspecified atom stereocenters. The zero-order valence-electron chi connectivity index (χ0n) is 19.3. The Morgan fingerprint density at radius 3 is 2.51 bits per heavy atom. The minimum Gasteiger partial charge on any atom is -0.493 e. The zero-order chi connectivity index (χ0) is 24.1. The van der Waals surface area contributed by atoms with Gasteiger partial charge in [0.05, 0.1) is 43.5 Å². The molecule has 0 spiro atoms. The van der Waals surface area contributed by atoms with Gasteiger partial charge in [-0.25, -0.2) is 14.8 Å². The molecule has 5 aromatic rings. The van der Waals surface area contributed by atoms with Crippen molar-refractivity contribution in [3.63, 3.8) is 0 Å². The van der Waals surface area contributed by atoms with Gasteiger partial charge in [0.15, 0.2) is 11.5 Å². The third-order valence-corrected chi connectivity index (χ3v) is 6.27. The molecule has 3 heterocycles. The van der Waals surface area contributed by atoms with Crippen LogP contribution in [0.3, 0.4) is 0 Å². The summed E-state index contributed by atoms with van der Waals surface area (Å²) in [5.74, 6) is 1.84. The number of H-pyrrole nitrogens is 1. The Hall–Kier alpha value is -4.59. The van der Waals surface area contributed by atoms with E-state index in [-0.39, 0.29) is 12.6 Å². The molecule has 0 radical (unpaired) electrons. The van der Waals surface area contributed by atoms with Gasteiger partial charge in [-0.3, -0.25) is 0 Å². The Morgan fingerprint density at radius 1 is 0.943 bits per heavy atom. The summed E-state index contributed by atoms with van der Waals surface area (Å²) in [7, 11) is 4.75. The fraction of sp³-hybridized carbons (Fsp3) is 0.148. The standard InChI is InChI=1S/C27H21N3O5/c1-32-21-10-14-8-16-13-35-27(31)24(16)23(17(14)11-22(21)33-2)15-9-18(26(34-3)28-12-15)25-29-19-6-4-5-7-20(19)30-25/h4-12H,13H2,1-3H3,(H,29,30). The third kappa shape index (κ3) is 3.25. The topological polar surface area (TPSA) is 95.6 Å². The van der Waals surface area contributed by atoms with Crippen LogP contribution in [0.15, 0.2) is 54.7 Å². The van der Waals surface area contributed by atoms with Gasteiger partial charge in [-0.15, -0.1) is 0 Å². The van der Waals surface area contributed by atoms with Crippen LogP contribution in [-0.2, 0) is 11.3 Å². The summed E-state index contributed by atoms with van der Waals surface area (Å²) in [6.45, 7) is 0.214. The molecule has 174 valence electrons. The molecule has 35 heavy (non-hydrogen) atoms. The molecule has 8 heteroatoms. The maximum Gasteiger partial charge on any atom is 0.339 e. The van der Waals surface area contributed by atoms with Crippen LogP contribution < -0.4 is 14.2 Å². The SMILES string of the molecule is COc1cc2cc3c(c(-c4cnc(OC)c(-c5nc6ccccc6[nH]5)c4)c2cc1OC)C(=O)OC3. The quantitative estimate of drug-likeness (QED) is 0.358. The summed E-state index contributed by atoms with van der Waals surface area (Å²) in [6, 6.07) is 15.4. The average Bonchev–Trinajstić information content (AvgIpc) is 3.49. The van der Waals surface area contributed by atoms with Crippen molar-refractivity contribution in [3.05, 3.63) is 65.9 Å². The predicted molar refractivity (Wildman–Crippen MR) is 131 cm³/mol. The normalized spacial score (nSPS) is 12.6. The monoisotopic (exact) mass is 467 g/mol. The number of benzene rings is 3. The van der Waals surface area contributed by atoms with Gasteiger partial charge < -0.3 is 23.9 Å². The predicted octanol–water partition coefficient (Wildman–Crippen LogP) is 5.14. The first-order chi connectivity index (χ1) is 17.1. The summed E-state index contributed by atoms with van der Waals surface area (Å²) in [4.78, 5) is 25.5. The molecular weight excluding hydrogens is 446 g/mol. The van der Waals surface area contributed by atoms with Crippen molar-refractivity contribution in [3.8, 4) is 39.9 Å². The van der Waals surface area contributed by atoms with Crippen LogP contribution in [0.5, 0.6) is 17.4 Å². The maximum atomic E-state index is 12.8. The third-order valence-electron chi connectivity index (χ3n) is 6.27. The number of nitrogens with one attached hydrogen (secondary N) is 1. The number of ether oxygens (including phenoxy) is 4. The van der Waals surface area contributed by atoms with Gasteiger partial charge in [0.2, 0.25) is 5.88 Å². The molecule has 1 aliphatic rings. The minimum absolute atomic E-state index is 0.214. The van der Waals surface area contributed by atoms with Crippen LogP contribution in [-0.4, -0.2) is 42.3 Å². The lowest BCUT2D eigenvalue weighted by Crippen LogP contribution is -2.01.